The number of carbonyl (C=O) groups is 1. The molecule has 7 nitrogen and oxygen atoms in total. The summed E-state index contributed by atoms with van der Waals surface area (Å²) in [6, 6.07) is 5.49. The molecule has 1 aliphatic rings. The SMILES string of the molecule is O=C(CCNc1ncccn1)N1CCN(c2ccc(Cl)cn2)CC1. The fourth-order valence-corrected chi connectivity index (χ4v) is 2.68. The summed E-state index contributed by atoms with van der Waals surface area (Å²) >= 11 is 5.86. The smallest absolute Gasteiger partial charge is 0.224 e. The maximum absolute atomic E-state index is 12.3. The molecule has 0 aliphatic carbocycles. The van der Waals surface area contributed by atoms with Gasteiger partial charge in [0.05, 0.1) is 5.02 Å². The van der Waals surface area contributed by atoms with E-state index in [1.165, 1.54) is 0 Å². The van der Waals surface area contributed by atoms with Crippen LogP contribution in [0.25, 0.3) is 0 Å². The number of nitrogens with one attached hydrogen (secondary N) is 1. The first-order chi connectivity index (χ1) is 11.7. The summed E-state index contributed by atoms with van der Waals surface area (Å²) in [6.07, 6.45) is 5.41. The number of hydrogen-bond acceptors (Lipinski definition) is 6. The zero-order chi connectivity index (χ0) is 16.8. The number of aromatic nitrogens is 3. The van der Waals surface area contributed by atoms with Crippen LogP contribution in [0.2, 0.25) is 5.02 Å². The van der Waals surface area contributed by atoms with Crippen molar-refractivity contribution in [2.24, 2.45) is 0 Å². The Morgan fingerprint density at radius 2 is 1.88 bits per heavy atom. The van der Waals surface area contributed by atoms with Crippen molar-refractivity contribution in [3.63, 3.8) is 0 Å². The van der Waals surface area contributed by atoms with Crippen molar-refractivity contribution in [2.75, 3.05) is 42.9 Å². The van der Waals surface area contributed by atoms with Crippen molar-refractivity contribution in [3.05, 3.63) is 41.8 Å². The first-order valence-corrected chi connectivity index (χ1v) is 8.25. The van der Waals surface area contributed by atoms with Gasteiger partial charge in [-0.15, -0.1) is 0 Å². The number of piperazine rings is 1. The van der Waals surface area contributed by atoms with Gasteiger partial charge in [-0.05, 0) is 18.2 Å². The number of nitrogens with zero attached hydrogens (tertiary/aromatic N) is 5. The van der Waals surface area contributed by atoms with Crippen LogP contribution in [0.3, 0.4) is 0 Å². The summed E-state index contributed by atoms with van der Waals surface area (Å²) in [6.45, 7) is 3.48. The van der Waals surface area contributed by atoms with Crippen LogP contribution in [-0.4, -0.2) is 58.5 Å². The summed E-state index contributed by atoms with van der Waals surface area (Å²) in [4.78, 5) is 28.8. The Balaban J connectivity index is 1.42. The molecule has 1 aliphatic heterocycles. The lowest BCUT2D eigenvalue weighted by Crippen LogP contribution is -2.49. The molecule has 0 spiro atoms. The van der Waals surface area contributed by atoms with E-state index < -0.39 is 0 Å². The predicted octanol–water partition coefficient (Wildman–Crippen LogP) is 1.68. The summed E-state index contributed by atoms with van der Waals surface area (Å²) in [5, 5.41) is 3.68. The van der Waals surface area contributed by atoms with Gasteiger partial charge < -0.3 is 15.1 Å². The quantitative estimate of drug-likeness (QED) is 0.887. The zero-order valence-electron chi connectivity index (χ0n) is 13.2. The Morgan fingerprint density at radius 3 is 2.54 bits per heavy atom. The highest BCUT2D eigenvalue weighted by Gasteiger charge is 2.21. The highest BCUT2D eigenvalue weighted by Crippen LogP contribution is 2.16. The van der Waals surface area contributed by atoms with Crippen molar-refractivity contribution in [2.45, 2.75) is 6.42 Å². The highest BCUT2D eigenvalue weighted by molar-refractivity contribution is 6.30. The van der Waals surface area contributed by atoms with Crippen molar-refractivity contribution in [3.8, 4) is 0 Å². The van der Waals surface area contributed by atoms with Crippen LogP contribution in [0.4, 0.5) is 11.8 Å². The van der Waals surface area contributed by atoms with Crippen LogP contribution < -0.4 is 10.2 Å². The molecule has 0 aromatic carbocycles. The number of amides is 1. The minimum Gasteiger partial charge on any atom is -0.354 e. The second-order valence-electron chi connectivity index (χ2n) is 5.45. The molecular weight excluding hydrogens is 328 g/mol. The van der Waals surface area contributed by atoms with Crippen molar-refractivity contribution >= 4 is 29.3 Å². The second-order valence-corrected chi connectivity index (χ2v) is 5.89. The Morgan fingerprint density at radius 1 is 1.12 bits per heavy atom. The van der Waals surface area contributed by atoms with Crippen molar-refractivity contribution in [1.82, 2.24) is 19.9 Å². The average Bonchev–Trinajstić information content (AvgIpc) is 2.63. The van der Waals surface area contributed by atoms with Crippen LogP contribution in [-0.2, 0) is 4.79 Å². The first kappa shape index (κ1) is 16.4. The molecule has 0 radical (unpaired) electrons. The zero-order valence-corrected chi connectivity index (χ0v) is 14.0. The van der Waals surface area contributed by atoms with Gasteiger partial charge in [-0.1, -0.05) is 11.6 Å². The average molecular weight is 347 g/mol. The lowest BCUT2D eigenvalue weighted by atomic mass is 10.2. The summed E-state index contributed by atoms with van der Waals surface area (Å²) < 4.78 is 0. The van der Waals surface area contributed by atoms with E-state index in [-0.39, 0.29) is 5.91 Å². The molecule has 8 heteroatoms. The number of rotatable bonds is 5. The van der Waals surface area contributed by atoms with Crippen LogP contribution in [0, 0.1) is 0 Å². The van der Waals surface area contributed by atoms with Gasteiger partial charge in [0.25, 0.3) is 0 Å². The molecule has 24 heavy (non-hydrogen) atoms. The lowest BCUT2D eigenvalue weighted by molar-refractivity contribution is -0.131. The largest absolute Gasteiger partial charge is 0.354 e. The minimum absolute atomic E-state index is 0.141. The molecule has 2 aromatic heterocycles. The predicted molar refractivity (Wildman–Crippen MR) is 93.2 cm³/mol. The van der Waals surface area contributed by atoms with E-state index in [0.29, 0.717) is 37.0 Å². The summed E-state index contributed by atoms with van der Waals surface area (Å²) in [7, 11) is 0. The highest BCUT2D eigenvalue weighted by atomic mass is 35.5. The number of hydrogen-bond donors (Lipinski definition) is 1. The minimum atomic E-state index is 0.141. The molecule has 0 saturated carbocycles. The molecule has 3 heterocycles. The molecule has 1 N–H and O–H groups in total. The van der Waals surface area contributed by atoms with E-state index in [4.69, 9.17) is 11.6 Å². The molecule has 1 fully saturated rings. The third kappa shape index (κ3) is 4.32. The van der Waals surface area contributed by atoms with Gasteiger partial charge in [0.2, 0.25) is 11.9 Å². The molecular formula is C16H19ClN6O. The Labute approximate surface area is 145 Å². The van der Waals surface area contributed by atoms with Crippen molar-refractivity contribution in [1.29, 1.82) is 0 Å². The van der Waals surface area contributed by atoms with Gasteiger partial charge in [0.1, 0.15) is 5.82 Å². The maximum Gasteiger partial charge on any atom is 0.224 e. The lowest BCUT2D eigenvalue weighted by Gasteiger charge is -2.35. The van der Waals surface area contributed by atoms with Crippen molar-refractivity contribution < 1.29 is 4.79 Å². The van der Waals surface area contributed by atoms with E-state index in [1.54, 1.807) is 24.7 Å². The van der Waals surface area contributed by atoms with Crippen LogP contribution >= 0.6 is 11.6 Å². The Hall–Kier alpha value is -2.41. The fourth-order valence-electron chi connectivity index (χ4n) is 2.57. The first-order valence-electron chi connectivity index (χ1n) is 7.87. The molecule has 2 aromatic rings. The van der Waals surface area contributed by atoms with Crippen LogP contribution in [0.5, 0.6) is 0 Å². The van der Waals surface area contributed by atoms with Gasteiger partial charge in [-0.3, -0.25) is 4.79 Å². The third-order valence-corrected chi connectivity index (χ3v) is 4.08. The van der Waals surface area contributed by atoms with E-state index in [9.17, 15) is 4.79 Å². The summed E-state index contributed by atoms with van der Waals surface area (Å²) in [5.41, 5.74) is 0. The Kier molecular flexibility index (Phi) is 5.43. The molecule has 1 saturated heterocycles. The number of carbonyl (C=O) groups excluding carboxylic acids is 1. The normalized spacial score (nSPS) is 14.5. The molecule has 0 atom stereocenters. The molecule has 126 valence electrons. The van der Waals surface area contributed by atoms with Gasteiger partial charge in [-0.2, -0.15) is 0 Å². The number of halogens is 1. The fraction of sp³-hybridized carbons (Fsp3) is 0.375. The van der Waals surface area contributed by atoms with Gasteiger partial charge in [-0.25, -0.2) is 15.0 Å². The van der Waals surface area contributed by atoms with Gasteiger partial charge in [0.15, 0.2) is 0 Å². The van der Waals surface area contributed by atoms with E-state index in [1.807, 2.05) is 17.0 Å². The standard InChI is InChI=1S/C16H19ClN6O/c17-13-2-3-14(21-12-13)22-8-10-23(11-9-22)15(24)4-7-20-16-18-5-1-6-19-16/h1-3,5-6,12H,4,7-11H2,(H,18,19,20). The molecule has 0 unspecified atom stereocenters. The van der Waals surface area contributed by atoms with Gasteiger partial charge in [0, 0.05) is 57.7 Å². The topological polar surface area (TPSA) is 74.2 Å². The molecule has 1 amide bonds. The van der Waals surface area contributed by atoms with E-state index in [2.05, 4.69) is 25.2 Å². The monoisotopic (exact) mass is 346 g/mol. The second kappa shape index (κ2) is 7.92. The van der Waals surface area contributed by atoms with Crippen LogP contribution in [0.1, 0.15) is 6.42 Å². The Bertz CT molecular complexity index is 658. The third-order valence-electron chi connectivity index (χ3n) is 3.86. The molecule has 0 bridgehead atoms. The summed E-state index contributed by atoms with van der Waals surface area (Å²) in [5.74, 6) is 1.58. The molecule has 3 rings (SSSR count). The van der Waals surface area contributed by atoms with Gasteiger partial charge >= 0.3 is 0 Å². The van der Waals surface area contributed by atoms with E-state index >= 15 is 0 Å². The number of pyridine rings is 1. The number of anilines is 2. The maximum atomic E-state index is 12.3. The van der Waals surface area contributed by atoms with Crippen LogP contribution in [0.15, 0.2) is 36.8 Å². The van der Waals surface area contributed by atoms with E-state index in [0.717, 1.165) is 18.9 Å².